The van der Waals surface area contributed by atoms with Crippen molar-refractivity contribution in [2.24, 2.45) is 5.73 Å². The standard InChI is InChI=1S/C13H20N4O/c14-13(18)11-3-1-2-4-12(11)16-7-10-17-8-5-15-6-9-17/h1-4,15-16H,5-10H2,(H2,14,18). The Hall–Kier alpha value is -1.59. The fourth-order valence-electron chi connectivity index (χ4n) is 2.14. The third kappa shape index (κ3) is 3.45. The molecule has 2 rings (SSSR count). The normalized spacial score (nSPS) is 16.4. The molecule has 0 bridgehead atoms. The van der Waals surface area contributed by atoms with Crippen molar-refractivity contribution in [1.29, 1.82) is 0 Å². The maximum atomic E-state index is 11.3. The summed E-state index contributed by atoms with van der Waals surface area (Å²) in [5, 5.41) is 6.60. The summed E-state index contributed by atoms with van der Waals surface area (Å²) < 4.78 is 0. The molecule has 1 aromatic rings. The quantitative estimate of drug-likeness (QED) is 0.691. The van der Waals surface area contributed by atoms with Crippen molar-refractivity contribution >= 4 is 11.6 Å². The highest BCUT2D eigenvalue weighted by molar-refractivity contribution is 5.98. The Balaban J connectivity index is 1.84. The van der Waals surface area contributed by atoms with E-state index in [1.165, 1.54) is 0 Å². The highest BCUT2D eigenvalue weighted by Gasteiger charge is 2.10. The van der Waals surface area contributed by atoms with Gasteiger partial charge in [0.15, 0.2) is 0 Å². The Labute approximate surface area is 107 Å². The van der Waals surface area contributed by atoms with Crippen LogP contribution in [0, 0.1) is 0 Å². The zero-order valence-electron chi connectivity index (χ0n) is 10.5. The van der Waals surface area contributed by atoms with E-state index in [0.717, 1.165) is 45.0 Å². The molecule has 0 aliphatic carbocycles. The van der Waals surface area contributed by atoms with E-state index in [-0.39, 0.29) is 5.91 Å². The minimum absolute atomic E-state index is 0.389. The zero-order valence-corrected chi connectivity index (χ0v) is 10.5. The lowest BCUT2D eigenvalue weighted by atomic mass is 10.1. The molecule has 4 N–H and O–H groups in total. The van der Waals surface area contributed by atoms with Gasteiger partial charge >= 0.3 is 0 Å². The van der Waals surface area contributed by atoms with Gasteiger partial charge in [0.25, 0.3) is 5.91 Å². The van der Waals surface area contributed by atoms with Gasteiger partial charge in [0, 0.05) is 45.0 Å². The Morgan fingerprint density at radius 3 is 2.78 bits per heavy atom. The van der Waals surface area contributed by atoms with Crippen LogP contribution in [-0.4, -0.2) is 50.1 Å². The highest BCUT2D eigenvalue weighted by Crippen LogP contribution is 2.13. The Morgan fingerprint density at radius 2 is 2.06 bits per heavy atom. The smallest absolute Gasteiger partial charge is 0.250 e. The first-order chi connectivity index (χ1) is 8.77. The number of carbonyl (C=O) groups excluding carboxylic acids is 1. The van der Waals surface area contributed by atoms with Crippen molar-refractivity contribution in [2.75, 3.05) is 44.6 Å². The molecule has 1 aliphatic heterocycles. The van der Waals surface area contributed by atoms with Crippen molar-refractivity contribution in [3.05, 3.63) is 29.8 Å². The number of amides is 1. The van der Waals surface area contributed by atoms with E-state index in [1.54, 1.807) is 6.07 Å². The third-order valence-corrected chi connectivity index (χ3v) is 3.15. The van der Waals surface area contributed by atoms with Crippen LogP contribution in [-0.2, 0) is 0 Å². The van der Waals surface area contributed by atoms with Crippen LogP contribution in [0.2, 0.25) is 0 Å². The molecule has 1 amide bonds. The number of piperazine rings is 1. The summed E-state index contributed by atoms with van der Waals surface area (Å²) in [5.74, 6) is -0.389. The molecule has 5 nitrogen and oxygen atoms in total. The van der Waals surface area contributed by atoms with Crippen molar-refractivity contribution in [2.45, 2.75) is 0 Å². The van der Waals surface area contributed by atoms with E-state index in [4.69, 9.17) is 5.73 Å². The largest absolute Gasteiger partial charge is 0.383 e. The van der Waals surface area contributed by atoms with Crippen LogP contribution < -0.4 is 16.4 Å². The number of hydrogen-bond acceptors (Lipinski definition) is 4. The summed E-state index contributed by atoms with van der Waals surface area (Å²) in [6.07, 6.45) is 0. The lowest BCUT2D eigenvalue weighted by Crippen LogP contribution is -2.45. The van der Waals surface area contributed by atoms with Crippen LogP contribution in [0.4, 0.5) is 5.69 Å². The second-order valence-corrected chi connectivity index (χ2v) is 4.43. The van der Waals surface area contributed by atoms with Gasteiger partial charge in [-0.05, 0) is 12.1 Å². The number of nitrogens with zero attached hydrogens (tertiary/aromatic N) is 1. The monoisotopic (exact) mass is 248 g/mol. The summed E-state index contributed by atoms with van der Waals surface area (Å²) in [6.45, 7) is 6.08. The molecule has 1 aliphatic rings. The van der Waals surface area contributed by atoms with Gasteiger partial charge in [0.05, 0.1) is 5.56 Å². The molecule has 0 unspecified atom stereocenters. The van der Waals surface area contributed by atoms with Gasteiger partial charge in [-0.25, -0.2) is 0 Å². The van der Waals surface area contributed by atoms with Crippen molar-refractivity contribution in [1.82, 2.24) is 10.2 Å². The number of rotatable bonds is 5. The molecule has 1 heterocycles. The summed E-state index contributed by atoms with van der Waals surface area (Å²) >= 11 is 0. The fraction of sp³-hybridized carbons (Fsp3) is 0.462. The predicted octanol–water partition coefficient (Wildman–Crippen LogP) is 0.103. The molecule has 0 aromatic heterocycles. The molecule has 1 saturated heterocycles. The first-order valence-electron chi connectivity index (χ1n) is 6.33. The maximum absolute atomic E-state index is 11.3. The molecule has 0 saturated carbocycles. The lowest BCUT2D eigenvalue weighted by Gasteiger charge is -2.27. The molecule has 5 heteroatoms. The SMILES string of the molecule is NC(=O)c1ccccc1NCCN1CCNCC1. The number of primary amides is 1. The van der Waals surface area contributed by atoms with Gasteiger partial charge in [-0.2, -0.15) is 0 Å². The Morgan fingerprint density at radius 1 is 1.33 bits per heavy atom. The average molecular weight is 248 g/mol. The summed E-state index contributed by atoms with van der Waals surface area (Å²) in [4.78, 5) is 13.6. The number of hydrogen-bond donors (Lipinski definition) is 3. The van der Waals surface area contributed by atoms with Crippen LogP contribution in [0.25, 0.3) is 0 Å². The molecule has 18 heavy (non-hydrogen) atoms. The molecule has 0 radical (unpaired) electrons. The van der Waals surface area contributed by atoms with E-state index in [2.05, 4.69) is 15.5 Å². The Kier molecular flexibility index (Phi) is 4.55. The van der Waals surface area contributed by atoms with Gasteiger partial charge < -0.3 is 16.4 Å². The fourth-order valence-corrected chi connectivity index (χ4v) is 2.14. The van der Waals surface area contributed by atoms with Gasteiger partial charge in [-0.1, -0.05) is 12.1 Å². The summed E-state index contributed by atoms with van der Waals surface area (Å²) in [5.41, 5.74) is 6.70. The first-order valence-corrected chi connectivity index (χ1v) is 6.33. The van der Waals surface area contributed by atoms with Gasteiger partial charge in [0.1, 0.15) is 0 Å². The number of carbonyl (C=O) groups is 1. The second-order valence-electron chi connectivity index (χ2n) is 4.43. The van der Waals surface area contributed by atoms with E-state index in [1.807, 2.05) is 18.2 Å². The van der Waals surface area contributed by atoms with Crippen molar-refractivity contribution < 1.29 is 4.79 Å². The molecular weight excluding hydrogens is 228 g/mol. The van der Waals surface area contributed by atoms with Crippen LogP contribution in [0.15, 0.2) is 24.3 Å². The number of nitrogens with one attached hydrogen (secondary N) is 2. The van der Waals surface area contributed by atoms with E-state index in [9.17, 15) is 4.79 Å². The Bertz CT molecular complexity index is 402. The van der Waals surface area contributed by atoms with Crippen LogP contribution in [0.3, 0.4) is 0 Å². The van der Waals surface area contributed by atoms with E-state index < -0.39 is 0 Å². The molecule has 1 aromatic carbocycles. The molecule has 1 fully saturated rings. The van der Waals surface area contributed by atoms with Crippen LogP contribution >= 0.6 is 0 Å². The molecule has 98 valence electrons. The van der Waals surface area contributed by atoms with E-state index >= 15 is 0 Å². The van der Waals surface area contributed by atoms with E-state index in [0.29, 0.717) is 5.56 Å². The molecule has 0 atom stereocenters. The molecular formula is C13H20N4O. The maximum Gasteiger partial charge on any atom is 0.250 e. The minimum Gasteiger partial charge on any atom is -0.383 e. The number of benzene rings is 1. The lowest BCUT2D eigenvalue weighted by molar-refractivity contribution is 0.100. The van der Waals surface area contributed by atoms with Gasteiger partial charge in [0.2, 0.25) is 0 Å². The molecule has 0 spiro atoms. The topological polar surface area (TPSA) is 70.4 Å². The van der Waals surface area contributed by atoms with Gasteiger partial charge in [-0.15, -0.1) is 0 Å². The first kappa shape index (κ1) is 12.9. The predicted molar refractivity (Wildman–Crippen MR) is 72.8 cm³/mol. The van der Waals surface area contributed by atoms with Crippen LogP contribution in [0.1, 0.15) is 10.4 Å². The summed E-state index contributed by atoms with van der Waals surface area (Å²) in [6, 6.07) is 7.36. The number of anilines is 1. The third-order valence-electron chi connectivity index (χ3n) is 3.15. The number of nitrogens with two attached hydrogens (primary N) is 1. The summed E-state index contributed by atoms with van der Waals surface area (Å²) in [7, 11) is 0. The van der Waals surface area contributed by atoms with Crippen molar-refractivity contribution in [3.8, 4) is 0 Å². The van der Waals surface area contributed by atoms with Crippen molar-refractivity contribution in [3.63, 3.8) is 0 Å². The zero-order chi connectivity index (χ0) is 12.8. The highest BCUT2D eigenvalue weighted by atomic mass is 16.1. The minimum atomic E-state index is -0.389. The second kappa shape index (κ2) is 6.37. The average Bonchev–Trinajstić information content (AvgIpc) is 2.40. The van der Waals surface area contributed by atoms with Crippen LogP contribution in [0.5, 0.6) is 0 Å². The number of para-hydroxylation sites is 1. The van der Waals surface area contributed by atoms with Gasteiger partial charge in [-0.3, -0.25) is 9.69 Å².